The Balaban J connectivity index is 1.69. The zero-order valence-electron chi connectivity index (χ0n) is 8.37. The summed E-state index contributed by atoms with van der Waals surface area (Å²) < 4.78 is 6.02. The van der Waals surface area contributed by atoms with Crippen molar-refractivity contribution in [1.82, 2.24) is 0 Å². The third-order valence-corrected chi connectivity index (χ3v) is 3.09. The SMILES string of the molecule is [CH]1CCCCC1OC1[CH]CCCC1. The molecule has 0 spiro atoms. The summed E-state index contributed by atoms with van der Waals surface area (Å²) in [7, 11) is 0. The zero-order chi connectivity index (χ0) is 8.93. The minimum atomic E-state index is 0.466. The fraction of sp³-hybridized carbons (Fsp3) is 0.833. The lowest BCUT2D eigenvalue weighted by Gasteiger charge is -2.29. The highest BCUT2D eigenvalue weighted by Crippen LogP contribution is 2.25. The number of hydrogen-bond acceptors (Lipinski definition) is 1. The predicted octanol–water partition coefficient (Wildman–Crippen LogP) is 3.30. The maximum atomic E-state index is 6.02. The first-order chi connectivity index (χ1) is 6.45. The van der Waals surface area contributed by atoms with Gasteiger partial charge in [-0.15, -0.1) is 0 Å². The van der Waals surface area contributed by atoms with Crippen LogP contribution in [0.25, 0.3) is 0 Å². The molecule has 2 aliphatic carbocycles. The van der Waals surface area contributed by atoms with Crippen LogP contribution in [0.2, 0.25) is 0 Å². The van der Waals surface area contributed by atoms with Crippen LogP contribution in [-0.4, -0.2) is 12.2 Å². The van der Waals surface area contributed by atoms with Crippen LogP contribution in [-0.2, 0) is 4.74 Å². The zero-order valence-corrected chi connectivity index (χ0v) is 8.37. The fourth-order valence-corrected chi connectivity index (χ4v) is 2.29. The van der Waals surface area contributed by atoms with Crippen molar-refractivity contribution < 1.29 is 4.74 Å². The van der Waals surface area contributed by atoms with E-state index in [4.69, 9.17) is 4.74 Å². The highest BCUT2D eigenvalue weighted by Gasteiger charge is 2.20. The summed E-state index contributed by atoms with van der Waals surface area (Å²) in [6.45, 7) is 0. The minimum absolute atomic E-state index is 0.466. The first-order valence-corrected chi connectivity index (χ1v) is 5.77. The third-order valence-electron chi connectivity index (χ3n) is 3.09. The van der Waals surface area contributed by atoms with Gasteiger partial charge in [-0.1, -0.05) is 25.7 Å². The first kappa shape index (κ1) is 9.51. The van der Waals surface area contributed by atoms with E-state index in [1.165, 1.54) is 51.4 Å². The maximum Gasteiger partial charge on any atom is 0.0610 e. The highest BCUT2D eigenvalue weighted by molar-refractivity contribution is 4.87. The normalized spacial score (nSPS) is 27.7. The van der Waals surface area contributed by atoms with E-state index in [-0.39, 0.29) is 0 Å². The standard InChI is InChI=1S/C12H20O/c1-3-7-11(8-4-1)13-12-9-5-2-6-10-12/h7,9,11-12H,1-6,8,10H2. The molecule has 2 unspecified atom stereocenters. The van der Waals surface area contributed by atoms with Crippen molar-refractivity contribution in [1.29, 1.82) is 0 Å². The molecule has 2 aliphatic rings. The van der Waals surface area contributed by atoms with Crippen molar-refractivity contribution in [3.8, 4) is 0 Å². The van der Waals surface area contributed by atoms with Crippen LogP contribution >= 0.6 is 0 Å². The molecule has 0 aliphatic heterocycles. The molecule has 2 fully saturated rings. The third kappa shape index (κ3) is 2.98. The van der Waals surface area contributed by atoms with E-state index in [1.54, 1.807) is 0 Å². The molecule has 1 heteroatoms. The molecule has 0 aromatic rings. The van der Waals surface area contributed by atoms with E-state index in [1.807, 2.05) is 0 Å². The van der Waals surface area contributed by atoms with Gasteiger partial charge in [-0.2, -0.15) is 0 Å². The minimum Gasteiger partial charge on any atom is -0.374 e. The van der Waals surface area contributed by atoms with Gasteiger partial charge in [-0.25, -0.2) is 0 Å². The van der Waals surface area contributed by atoms with Crippen LogP contribution in [0.1, 0.15) is 51.4 Å². The van der Waals surface area contributed by atoms with Crippen molar-refractivity contribution in [2.75, 3.05) is 0 Å². The summed E-state index contributed by atoms with van der Waals surface area (Å²) in [6.07, 6.45) is 16.1. The topological polar surface area (TPSA) is 9.23 Å². The van der Waals surface area contributed by atoms with Crippen molar-refractivity contribution in [3.63, 3.8) is 0 Å². The van der Waals surface area contributed by atoms with E-state index in [0.717, 1.165) is 0 Å². The molecule has 74 valence electrons. The molecule has 0 N–H and O–H groups in total. The molecule has 0 bridgehead atoms. The molecule has 1 nitrogen and oxygen atoms in total. The molecule has 0 aromatic carbocycles. The van der Waals surface area contributed by atoms with Gasteiger partial charge in [0.1, 0.15) is 0 Å². The van der Waals surface area contributed by atoms with Crippen LogP contribution in [0.3, 0.4) is 0 Å². The summed E-state index contributed by atoms with van der Waals surface area (Å²) >= 11 is 0. The van der Waals surface area contributed by atoms with Gasteiger partial charge in [-0.05, 0) is 38.5 Å². The average molecular weight is 180 g/mol. The Hall–Kier alpha value is -0.0400. The first-order valence-electron chi connectivity index (χ1n) is 5.77. The Morgan fingerprint density at radius 1 is 0.769 bits per heavy atom. The van der Waals surface area contributed by atoms with E-state index < -0.39 is 0 Å². The summed E-state index contributed by atoms with van der Waals surface area (Å²) in [4.78, 5) is 0. The van der Waals surface area contributed by atoms with Crippen molar-refractivity contribution >= 4 is 0 Å². The van der Waals surface area contributed by atoms with Crippen molar-refractivity contribution in [3.05, 3.63) is 12.8 Å². The molecule has 0 saturated heterocycles. The predicted molar refractivity (Wildman–Crippen MR) is 54.2 cm³/mol. The van der Waals surface area contributed by atoms with Gasteiger partial charge in [0.25, 0.3) is 0 Å². The van der Waals surface area contributed by atoms with Gasteiger partial charge < -0.3 is 4.74 Å². The van der Waals surface area contributed by atoms with Gasteiger partial charge in [-0.3, -0.25) is 0 Å². The number of rotatable bonds is 2. The second-order valence-corrected chi connectivity index (χ2v) is 4.25. The summed E-state index contributed by atoms with van der Waals surface area (Å²) in [5, 5.41) is 0. The number of ether oxygens (including phenoxy) is 1. The van der Waals surface area contributed by atoms with Gasteiger partial charge >= 0.3 is 0 Å². The molecular weight excluding hydrogens is 160 g/mol. The lowest BCUT2D eigenvalue weighted by atomic mass is 9.95. The molecular formula is C12H20O. The molecule has 2 saturated carbocycles. The molecule has 0 aromatic heterocycles. The maximum absolute atomic E-state index is 6.02. The lowest BCUT2D eigenvalue weighted by Crippen LogP contribution is -2.26. The average Bonchev–Trinajstić information content (AvgIpc) is 2.21. The smallest absolute Gasteiger partial charge is 0.0610 e. The Labute approximate surface area is 81.9 Å². The van der Waals surface area contributed by atoms with E-state index in [2.05, 4.69) is 12.8 Å². The quantitative estimate of drug-likeness (QED) is 0.633. The Bertz CT molecular complexity index is 116. The molecule has 2 atom stereocenters. The molecule has 0 amide bonds. The molecule has 2 rings (SSSR count). The van der Waals surface area contributed by atoms with E-state index >= 15 is 0 Å². The molecule has 2 radical (unpaired) electrons. The van der Waals surface area contributed by atoms with Gasteiger partial charge in [0, 0.05) is 0 Å². The van der Waals surface area contributed by atoms with Crippen LogP contribution < -0.4 is 0 Å². The lowest BCUT2D eigenvalue weighted by molar-refractivity contribution is -0.00167. The molecule has 13 heavy (non-hydrogen) atoms. The second-order valence-electron chi connectivity index (χ2n) is 4.25. The fourth-order valence-electron chi connectivity index (χ4n) is 2.29. The van der Waals surface area contributed by atoms with Crippen LogP contribution in [0.4, 0.5) is 0 Å². The van der Waals surface area contributed by atoms with Crippen molar-refractivity contribution in [2.24, 2.45) is 0 Å². The summed E-state index contributed by atoms with van der Waals surface area (Å²) in [6, 6.07) is 0. The largest absolute Gasteiger partial charge is 0.374 e. The van der Waals surface area contributed by atoms with E-state index in [0.29, 0.717) is 12.2 Å². The van der Waals surface area contributed by atoms with E-state index in [9.17, 15) is 0 Å². The van der Waals surface area contributed by atoms with Crippen LogP contribution in [0.5, 0.6) is 0 Å². The summed E-state index contributed by atoms with van der Waals surface area (Å²) in [5.41, 5.74) is 0. The number of hydrogen-bond donors (Lipinski definition) is 0. The van der Waals surface area contributed by atoms with Gasteiger partial charge in [0.15, 0.2) is 0 Å². The van der Waals surface area contributed by atoms with Gasteiger partial charge in [0.2, 0.25) is 0 Å². The van der Waals surface area contributed by atoms with Crippen molar-refractivity contribution in [2.45, 2.75) is 63.6 Å². The molecule has 0 heterocycles. The second kappa shape index (κ2) is 4.99. The Morgan fingerprint density at radius 2 is 1.31 bits per heavy atom. The highest BCUT2D eigenvalue weighted by atomic mass is 16.5. The van der Waals surface area contributed by atoms with Gasteiger partial charge in [0.05, 0.1) is 12.2 Å². The Kier molecular flexibility index (Phi) is 3.65. The summed E-state index contributed by atoms with van der Waals surface area (Å²) in [5.74, 6) is 0. The Morgan fingerprint density at radius 3 is 1.69 bits per heavy atom. The monoisotopic (exact) mass is 180 g/mol. The van der Waals surface area contributed by atoms with Crippen LogP contribution in [0.15, 0.2) is 0 Å². The van der Waals surface area contributed by atoms with Crippen LogP contribution in [0, 0.1) is 12.8 Å².